The van der Waals surface area contributed by atoms with E-state index in [4.69, 9.17) is 0 Å². The summed E-state index contributed by atoms with van der Waals surface area (Å²) in [5.74, 6) is 0. The molecule has 5 heteroatoms. The second-order valence-corrected chi connectivity index (χ2v) is 5.33. The summed E-state index contributed by atoms with van der Waals surface area (Å²) in [5.41, 5.74) is 1.24. The smallest absolute Gasteiger partial charge is 0.293 e. The van der Waals surface area contributed by atoms with Crippen molar-refractivity contribution >= 4 is 12.2 Å². The molecule has 0 saturated heterocycles. The minimum atomic E-state index is -0.482. The van der Waals surface area contributed by atoms with Gasteiger partial charge >= 0.3 is 0 Å². The Morgan fingerprint density at radius 1 is 1.22 bits per heavy atom. The SMILES string of the molecule is CC(C)(C)C.O=COCc1ccc([N+](=O)[O-])cc1. The molecule has 100 valence electrons. The van der Waals surface area contributed by atoms with Crippen LogP contribution in [0.25, 0.3) is 0 Å². The maximum atomic E-state index is 10.2. The summed E-state index contributed by atoms with van der Waals surface area (Å²) in [4.78, 5) is 19.6. The third kappa shape index (κ3) is 9.33. The molecule has 0 aliphatic carbocycles. The highest BCUT2D eigenvalue weighted by molar-refractivity contribution is 5.38. The molecule has 0 fully saturated rings. The third-order valence-corrected chi connectivity index (χ3v) is 1.47. The zero-order chi connectivity index (χ0) is 14.2. The summed E-state index contributed by atoms with van der Waals surface area (Å²) >= 11 is 0. The largest absolute Gasteiger partial charge is 0.463 e. The molecule has 1 aromatic carbocycles. The number of benzene rings is 1. The first kappa shape index (κ1) is 16.1. The Morgan fingerprint density at radius 2 is 1.67 bits per heavy atom. The van der Waals surface area contributed by atoms with Crippen LogP contribution >= 0.6 is 0 Å². The van der Waals surface area contributed by atoms with E-state index in [1.165, 1.54) is 12.1 Å². The van der Waals surface area contributed by atoms with E-state index in [9.17, 15) is 14.9 Å². The number of rotatable bonds is 4. The molecule has 1 rings (SSSR count). The van der Waals surface area contributed by atoms with E-state index in [-0.39, 0.29) is 12.3 Å². The predicted molar refractivity (Wildman–Crippen MR) is 69.1 cm³/mol. The van der Waals surface area contributed by atoms with Crippen LogP contribution in [0.2, 0.25) is 0 Å². The summed E-state index contributed by atoms with van der Waals surface area (Å²) in [6.45, 7) is 9.23. The minimum absolute atomic E-state index is 0.0230. The van der Waals surface area contributed by atoms with Crippen LogP contribution in [0.4, 0.5) is 5.69 Å². The number of nitro groups is 1. The predicted octanol–water partition coefficient (Wildman–Crippen LogP) is 3.32. The van der Waals surface area contributed by atoms with Crippen LogP contribution in [-0.2, 0) is 16.1 Å². The van der Waals surface area contributed by atoms with Crippen molar-refractivity contribution < 1.29 is 14.5 Å². The van der Waals surface area contributed by atoms with Crippen LogP contribution in [0.5, 0.6) is 0 Å². The molecule has 0 spiro atoms. The summed E-state index contributed by atoms with van der Waals surface area (Å²) in [7, 11) is 0. The van der Waals surface area contributed by atoms with Crippen molar-refractivity contribution in [2.75, 3.05) is 0 Å². The molecular formula is C13H19NO4. The van der Waals surface area contributed by atoms with Crippen molar-refractivity contribution in [2.24, 2.45) is 5.41 Å². The van der Waals surface area contributed by atoms with Gasteiger partial charge in [0, 0.05) is 12.1 Å². The fraction of sp³-hybridized carbons (Fsp3) is 0.462. The number of nitrogens with zero attached hydrogens (tertiary/aromatic N) is 1. The molecule has 0 unspecified atom stereocenters. The first-order valence-corrected chi connectivity index (χ1v) is 5.52. The fourth-order valence-corrected chi connectivity index (χ4v) is 0.844. The number of carbonyl (C=O) groups is 1. The van der Waals surface area contributed by atoms with Crippen LogP contribution in [0.3, 0.4) is 0 Å². The lowest BCUT2D eigenvalue weighted by atomic mass is 10.0. The molecular weight excluding hydrogens is 234 g/mol. The molecule has 1 aromatic rings. The number of non-ortho nitro benzene ring substituents is 1. The second kappa shape index (κ2) is 7.42. The Bertz CT molecular complexity index is 373. The molecule has 0 bridgehead atoms. The lowest BCUT2D eigenvalue weighted by Gasteiger charge is -2.05. The Balaban J connectivity index is 0.000000494. The van der Waals surface area contributed by atoms with Gasteiger partial charge in [-0.05, 0) is 23.1 Å². The molecule has 0 atom stereocenters. The van der Waals surface area contributed by atoms with E-state index < -0.39 is 4.92 Å². The van der Waals surface area contributed by atoms with Gasteiger partial charge in [0.05, 0.1) is 4.92 Å². The highest BCUT2D eigenvalue weighted by Crippen LogP contribution is 2.12. The first-order chi connectivity index (χ1) is 8.24. The molecule has 0 aliphatic heterocycles. The Labute approximate surface area is 107 Å². The Hall–Kier alpha value is -1.91. The standard InChI is InChI=1S/C8H7NO4.C5H12/c10-6-13-5-7-1-3-8(4-2-7)9(11)12;1-5(2,3)4/h1-4,6H,5H2;1-4H3. The molecule has 0 N–H and O–H groups in total. The van der Waals surface area contributed by atoms with Crippen LogP contribution in [0.1, 0.15) is 33.3 Å². The zero-order valence-corrected chi connectivity index (χ0v) is 11.2. The van der Waals surface area contributed by atoms with E-state index in [1.54, 1.807) is 12.1 Å². The first-order valence-electron chi connectivity index (χ1n) is 5.52. The fourth-order valence-electron chi connectivity index (χ4n) is 0.844. The van der Waals surface area contributed by atoms with Gasteiger partial charge < -0.3 is 4.74 Å². The monoisotopic (exact) mass is 253 g/mol. The lowest BCUT2D eigenvalue weighted by Crippen LogP contribution is -1.93. The number of hydrogen-bond donors (Lipinski definition) is 0. The average Bonchev–Trinajstić information content (AvgIpc) is 2.24. The zero-order valence-electron chi connectivity index (χ0n) is 11.2. The van der Waals surface area contributed by atoms with E-state index in [1.807, 2.05) is 0 Å². The highest BCUT2D eigenvalue weighted by atomic mass is 16.6. The van der Waals surface area contributed by atoms with Gasteiger partial charge in [-0.2, -0.15) is 0 Å². The van der Waals surface area contributed by atoms with Crippen molar-refractivity contribution in [1.82, 2.24) is 0 Å². The van der Waals surface area contributed by atoms with Crippen LogP contribution in [0, 0.1) is 15.5 Å². The van der Waals surface area contributed by atoms with Gasteiger partial charge in [0.1, 0.15) is 6.61 Å². The molecule has 0 aliphatic rings. The summed E-state index contributed by atoms with van der Waals surface area (Å²) < 4.78 is 4.47. The molecule has 0 radical (unpaired) electrons. The number of carbonyl (C=O) groups excluding carboxylic acids is 1. The molecule has 0 saturated carbocycles. The summed E-state index contributed by atoms with van der Waals surface area (Å²) in [6, 6.07) is 5.82. The Morgan fingerprint density at radius 3 is 2.00 bits per heavy atom. The van der Waals surface area contributed by atoms with Crippen LogP contribution < -0.4 is 0 Å². The van der Waals surface area contributed by atoms with E-state index in [2.05, 4.69) is 32.4 Å². The van der Waals surface area contributed by atoms with Gasteiger partial charge in [0.15, 0.2) is 0 Å². The van der Waals surface area contributed by atoms with Crippen LogP contribution in [0.15, 0.2) is 24.3 Å². The van der Waals surface area contributed by atoms with Crippen molar-refractivity contribution in [3.63, 3.8) is 0 Å². The van der Waals surface area contributed by atoms with Crippen molar-refractivity contribution in [2.45, 2.75) is 34.3 Å². The number of nitro benzene ring substituents is 1. The van der Waals surface area contributed by atoms with Gasteiger partial charge in [0.25, 0.3) is 12.2 Å². The summed E-state index contributed by atoms with van der Waals surface area (Å²) in [5, 5.41) is 10.2. The summed E-state index contributed by atoms with van der Waals surface area (Å²) in [6.07, 6.45) is 0. The number of hydrogen-bond acceptors (Lipinski definition) is 4. The molecule has 0 heterocycles. The van der Waals surface area contributed by atoms with Crippen LogP contribution in [-0.4, -0.2) is 11.4 Å². The van der Waals surface area contributed by atoms with Crippen molar-refractivity contribution in [3.05, 3.63) is 39.9 Å². The number of ether oxygens (including phenoxy) is 1. The van der Waals surface area contributed by atoms with Gasteiger partial charge in [-0.1, -0.05) is 27.7 Å². The second-order valence-electron chi connectivity index (χ2n) is 5.33. The maximum absolute atomic E-state index is 10.2. The van der Waals surface area contributed by atoms with Gasteiger partial charge in [0.2, 0.25) is 0 Å². The third-order valence-electron chi connectivity index (χ3n) is 1.47. The van der Waals surface area contributed by atoms with E-state index in [0.29, 0.717) is 11.9 Å². The normalized spacial score (nSPS) is 10.0. The topological polar surface area (TPSA) is 69.4 Å². The lowest BCUT2D eigenvalue weighted by molar-refractivity contribution is -0.384. The molecule has 0 aromatic heterocycles. The highest BCUT2D eigenvalue weighted by Gasteiger charge is 2.03. The van der Waals surface area contributed by atoms with Gasteiger partial charge in [-0.25, -0.2) is 0 Å². The molecule has 5 nitrogen and oxygen atoms in total. The Kier molecular flexibility index (Phi) is 6.63. The molecule has 18 heavy (non-hydrogen) atoms. The van der Waals surface area contributed by atoms with Gasteiger partial charge in [-0.3, -0.25) is 14.9 Å². The van der Waals surface area contributed by atoms with E-state index >= 15 is 0 Å². The van der Waals surface area contributed by atoms with E-state index in [0.717, 1.165) is 5.56 Å². The quantitative estimate of drug-likeness (QED) is 0.469. The minimum Gasteiger partial charge on any atom is -0.463 e. The van der Waals surface area contributed by atoms with Crippen molar-refractivity contribution in [3.8, 4) is 0 Å². The average molecular weight is 253 g/mol. The maximum Gasteiger partial charge on any atom is 0.293 e. The molecule has 0 amide bonds. The van der Waals surface area contributed by atoms with Crippen molar-refractivity contribution in [1.29, 1.82) is 0 Å². The van der Waals surface area contributed by atoms with Gasteiger partial charge in [-0.15, -0.1) is 0 Å².